The van der Waals surface area contributed by atoms with Crippen LogP contribution in [0.2, 0.25) is 0 Å². The molecule has 10 heavy (non-hydrogen) atoms. The molecule has 2 N–H and O–H groups in total. The highest BCUT2D eigenvalue weighted by atomic mass is 16.3. The zero-order valence-electron chi connectivity index (χ0n) is 7.52. The van der Waals surface area contributed by atoms with Gasteiger partial charge in [-0.2, -0.15) is 0 Å². The van der Waals surface area contributed by atoms with Crippen LogP contribution in [0.5, 0.6) is 0 Å². The number of rotatable bonds is 3. The van der Waals surface area contributed by atoms with E-state index in [0.29, 0.717) is 12.8 Å². The summed E-state index contributed by atoms with van der Waals surface area (Å²) in [5.41, 5.74) is -0.608. The summed E-state index contributed by atoms with van der Waals surface area (Å²) in [7, 11) is 0. The highest BCUT2D eigenvalue weighted by molar-refractivity contribution is 4.63. The molecule has 0 aromatic carbocycles. The normalized spacial score (nSPS) is 10.2. The van der Waals surface area contributed by atoms with Crippen molar-refractivity contribution in [3.05, 3.63) is 0 Å². The molecule has 0 unspecified atom stereocenters. The van der Waals surface area contributed by atoms with Gasteiger partial charge in [-0.05, 0) is 26.7 Å². The van der Waals surface area contributed by atoms with Crippen LogP contribution in [0.15, 0.2) is 0 Å². The molecule has 0 aromatic rings. The van der Waals surface area contributed by atoms with Gasteiger partial charge in [-0.25, -0.2) is 0 Å². The summed E-state index contributed by atoms with van der Waals surface area (Å²) in [5, 5.41) is 17.4. The predicted molar refractivity (Wildman–Crippen MR) is 44.0 cm³/mol. The molecule has 0 saturated heterocycles. The third-order valence-corrected chi connectivity index (χ3v) is 0.947. The summed E-state index contributed by atoms with van der Waals surface area (Å²) in [5.74, 6) is 0. The van der Waals surface area contributed by atoms with Crippen LogP contribution in [0.3, 0.4) is 0 Å². The Kier molecular flexibility index (Phi) is 8.85. The van der Waals surface area contributed by atoms with E-state index in [-0.39, 0.29) is 6.61 Å². The number of aliphatic hydroxyl groups is 2. The van der Waals surface area contributed by atoms with Crippen LogP contribution in [-0.4, -0.2) is 22.4 Å². The van der Waals surface area contributed by atoms with E-state index in [2.05, 4.69) is 0 Å². The maximum absolute atomic E-state index is 9.04. The van der Waals surface area contributed by atoms with Crippen molar-refractivity contribution in [1.29, 1.82) is 0 Å². The molecule has 0 fully saturated rings. The van der Waals surface area contributed by atoms with Crippen LogP contribution in [-0.2, 0) is 0 Å². The van der Waals surface area contributed by atoms with E-state index < -0.39 is 5.60 Å². The molecular weight excluding hydrogens is 128 g/mol. The molecule has 0 saturated carbocycles. The second-order valence-electron chi connectivity index (χ2n) is 2.64. The molecule has 2 nitrogen and oxygen atoms in total. The fourth-order valence-electron chi connectivity index (χ4n) is 0.512. The summed E-state index contributed by atoms with van der Waals surface area (Å²) < 4.78 is 0. The minimum atomic E-state index is -0.608. The largest absolute Gasteiger partial charge is 0.396 e. The summed E-state index contributed by atoms with van der Waals surface area (Å²) in [6.45, 7) is 7.65. The second kappa shape index (κ2) is 7.03. The van der Waals surface area contributed by atoms with E-state index in [4.69, 9.17) is 10.2 Å². The molecule has 0 aliphatic rings. The summed E-state index contributed by atoms with van der Waals surface area (Å²) >= 11 is 0. The maximum atomic E-state index is 9.04. The Labute approximate surface area is 63.9 Å². The first kappa shape index (κ1) is 12.6. The van der Waals surface area contributed by atoms with E-state index >= 15 is 0 Å². The van der Waals surface area contributed by atoms with Crippen molar-refractivity contribution in [1.82, 2.24) is 0 Å². The fraction of sp³-hybridized carbons (Fsp3) is 1.00. The maximum Gasteiger partial charge on any atom is 0.0592 e. The third-order valence-electron chi connectivity index (χ3n) is 0.947. The zero-order valence-corrected chi connectivity index (χ0v) is 7.52. The Balaban J connectivity index is 0. The molecule has 0 aromatic heterocycles. The molecule has 0 amide bonds. The third kappa shape index (κ3) is 15.7. The molecule has 0 bridgehead atoms. The quantitative estimate of drug-likeness (QED) is 0.637. The molecule has 0 atom stereocenters. The molecule has 0 aliphatic heterocycles. The van der Waals surface area contributed by atoms with E-state index in [1.807, 2.05) is 13.8 Å². The lowest BCUT2D eigenvalue weighted by atomic mass is 10.0. The number of hydrogen-bond acceptors (Lipinski definition) is 2. The van der Waals surface area contributed by atoms with Crippen molar-refractivity contribution in [3.8, 4) is 0 Å². The van der Waals surface area contributed by atoms with Crippen LogP contribution >= 0.6 is 0 Å². The Morgan fingerprint density at radius 2 is 1.60 bits per heavy atom. The van der Waals surface area contributed by atoms with Crippen LogP contribution in [0.1, 0.15) is 40.5 Å². The fourth-order valence-corrected chi connectivity index (χ4v) is 0.512. The average Bonchev–Trinajstić information content (AvgIpc) is 1.87. The van der Waals surface area contributed by atoms with Crippen molar-refractivity contribution in [2.45, 2.75) is 46.1 Å². The predicted octanol–water partition coefficient (Wildman–Crippen LogP) is 1.56. The van der Waals surface area contributed by atoms with Crippen LogP contribution in [0.25, 0.3) is 0 Å². The van der Waals surface area contributed by atoms with Crippen LogP contribution < -0.4 is 0 Å². The van der Waals surface area contributed by atoms with Gasteiger partial charge in [-0.1, -0.05) is 13.8 Å². The number of hydrogen-bond donors (Lipinski definition) is 2. The smallest absolute Gasteiger partial charge is 0.0592 e. The van der Waals surface area contributed by atoms with E-state index in [1.54, 1.807) is 13.8 Å². The summed E-state index contributed by atoms with van der Waals surface area (Å²) in [6.07, 6.45) is 1.35. The van der Waals surface area contributed by atoms with Gasteiger partial charge in [0, 0.05) is 6.61 Å². The standard InChI is InChI=1S/C6H14O2.C2H6/c1-6(2,8)4-3-5-7;1-2/h7-8H,3-5H2,1-2H3;1-2H3. The Morgan fingerprint density at radius 1 is 1.20 bits per heavy atom. The lowest BCUT2D eigenvalue weighted by molar-refractivity contribution is 0.0628. The van der Waals surface area contributed by atoms with Crippen molar-refractivity contribution in [2.24, 2.45) is 0 Å². The SMILES string of the molecule is CC.CC(C)(O)CCCO. The highest BCUT2D eigenvalue weighted by Crippen LogP contribution is 2.08. The van der Waals surface area contributed by atoms with Gasteiger partial charge in [0.25, 0.3) is 0 Å². The molecule has 0 rings (SSSR count). The van der Waals surface area contributed by atoms with E-state index in [0.717, 1.165) is 0 Å². The summed E-state index contributed by atoms with van der Waals surface area (Å²) in [6, 6.07) is 0. The average molecular weight is 148 g/mol. The van der Waals surface area contributed by atoms with Crippen molar-refractivity contribution in [2.75, 3.05) is 6.61 Å². The van der Waals surface area contributed by atoms with Gasteiger partial charge >= 0.3 is 0 Å². The van der Waals surface area contributed by atoms with E-state index in [1.165, 1.54) is 0 Å². The monoisotopic (exact) mass is 148 g/mol. The van der Waals surface area contributed by atoms with E-state index in [9.17, 15) is 0 Å². The molecule has 0 aliphatic carbocycles. The second-order valence-corrected chi connectivity index (χ2v) is 2.64. The first-order valence-corrected chi connectivity index (χ1v) is 3.89. The van der Waals surface area contributed by atoms with Gasteiger partial charge < -0.3 is 10.2 Å². The van der Waals surface area contributed by atoms with Crippen molar-refractivity contribution in [3.63, 3.8) is 0 Å². The summed E-state index contributed by atoms with van der Waals surface area (Å²) in [4.78, 5) is 0. The van der Waals surface area contributed by atoms with Gasteiger partial charge in [0.1, 0.15) is 0 Å². The topological polar surface area (TPSA) is 40.5 Å². The Bertz CT molecular complexity index is 54.8. The minimum Gasteiger partial charge on any atom is -0.396 e. The highest BCUT2D eigenvalue weighted by Gasteiger charge is 2.09. The molecule has 0 heterocycles. The van der Waals surface area contributed by atoms with Crippen molar-refractivity contribution >= 4 is 0 Å². The minimum absolute atomic E-state index is 0.171. The van der Waals surface area contributed by atoms with Gasteiger partial charge in [0.15, 0.2) is 0 Å². The molecule has 0 radical (unpaired) electrons. The molecule has 0 spiro atoms. The van der Waals surface area contributed by atoms with Gasteiger partial charge in [-0.15, -0.1) is 0 Å². The van der Waals surface area contributed by atoms with Crippen LogP contribution in [0.4, 0.5) is 0 Å². The molecule has 2 heteroatoms. The van der Waals surface area contributed by atoms with Crippen LogP contribution in [0, 0.1) is 0 Å². The van der Waals surface area contributed by atoms with Gasteiger partial charge in [0.05, 0.1) is 5.60 Å². The molecule has 64 valence electrons. The van der Waals surface area contributed by atoms with Crippen molar-refractivity contribution < 1.29 is 10.2 Å². The number of aliphatic hydroxyl groups excluding tert-OH is 1. The lowest BCUT2D eigenvalue weighted by Crippen LogP contribution is -2.18. The Morgan fingerprint density at radius 3 is 1.70 bits per heavy atom. The first-order chi connectivity index (χ1) is 4.56. The Hall–Kier alpha value is -0.0800. The lowest BCUT2D eigenvalue weighted by Gasteiger charge is -2.14. The molecular formula is C8H20O2. The first-order valence-electron chi connectivity index (χ1n) is 3.89. The zero-order chi connectivity index (χ0) is 8.62. The van der Waals surface area contributed by atoms with Gasteiger partial charge in [-0.3, -0.25) is 0 Å². The van der Waals surface area contributed by atoms with Gasteiger partial charge in [0.2, 0.25) is 0 Å².